The minimum Gasteiger partial charge on any atom is -0.390 e. The SMILES string of the molecule is CN(CC1CC2CCC1C2)CC1C(O)C(C)(C)OC1(C)C. The molecule has 3 rings (SSSR count). The van der Waals surface area contributed by atoms with E-state index < -0.39 is 5.60 Å². The lowest BCUT2D eigenvalue weighted by Crippen LogP contribution is -2.43. The van der Waals surface area contributed by atoms with Crippen molar-refractivity contribution in [2.45, 2.75) is 70.7 Å². The van der Waals surface area contributed by atoms with Crippen molar-refractivity contribution in [2.24, 2.45) is 23.7 Å². The summed E-state index contributed by atoms with van der Waals surface area (Å²) in [6, 6.07) is 0. The van der Waals surface area contributed by atoms with Crippen LogP contribution >= 0.6 is 0 Å². The molecule has 1 heterocycles. The van der Waals surface area contributed by atoms with E-state index in [4.69, 9.17) is 4.74 Å². The number of nitrogens with zero attached hydrogens (tertiary/aromatic N) is 1. The fourth-order valence-corrected chi connectivity index (χ4v) is 5.41. The molecule has 0 aromatic carbocycles. The maximum Gasteiger partial charge on any atom is 0.0896 e. The molecule has 3 fully saturated rings. The molecule has 0 radical (unpaired) electrons. The third kappa shape index (κ3) is 2.89. The molecular formula is C18H33NO2. The predicted octanol–water partition coefficient (Wildman–Crippen LogP) is 2.92. The minimum atomic E-state index is -0.429. The number of ether oxygens (including phenoxy) is 1. The van der Waals surface area contributed by atoms with Crippen LogP contribution < -0.4 is 0 Å². The number of hydrogen-bond donors (Lipinski definition) is 1. The minimum absolute atomic E-state index is 0.191. The van der Waals surface area contributed by atoms with Crippen molar-refractivity contribution in [3.05, 3.63) is 0 Å². The Labute approximate surface area is 130 Å². The second kappa shape index (κ2) is 5.21. The second-order valence-corrected chi connectivity index (χ2v) is 9.02. The molecule has 122 valence electrons. The van der Waals surface area contributed by atoms with Crippen LogP contribution in [0.15, 0.2) is 0 Å². The fourth-order valence-electron chi connectivity index (χ4n) is 5.41. The molecule has 3 aliphatic rings. The highest BCUT2D eigenvalue weighted by Gasteiger charge is 2.53. The monoisotopic (exact) mass is 295 g/mol. The van der Waals surface area contributed by atoms with Crippen LogP contribution in [0, 0.1) is 23.7 Å². The Balaban J connectivity index is 1.58. The summed E-state index contributed by atoms with van der Waals surface area (Å²) < 4.78 is 6.10. The average molecular weight is 295 g/mol. The molecule has 3 nitrogen and oxygen atoms in total. The van der Waals surface area contributed by atoms with E-state index in [-0.39, 0.29) is 17.6 Å². The summed E-state index contributed by atoms with van der Waals surface area (Å²) in [6.45, 7) is 10.4. The van der Waals surface area contributed by atoms with Crippen molar-refractivity contribution in [2.75, 3.05) is 20.1 Å². The van der Waals surface area contributed by atoms with Crippen LogP contribution in [0.2, 0.25) is 0 Å². The summed E-state index contributed by atoms with van der Waals surface area (Å²) >= 11 is 0. The average Bonchev–Trinajstić information content (AvgIpc) is 2.98. The van der Waals surface area contributed by atoms with Crippen LogP contribution in [0.3, 0.4) is 0 Å². The van der Waals surface area contributed by atoms with Gasteiger partial charge in [0.2, 0.25) is 0 Å². The molecule has 1 N–H and O–H groups in total. The lowest BCUT2D eigenvalue weighted by Gasteiger charge is -2.33. The van der Waals surface area contributed by atoms with Crippen molar-refractivity contribution in [3.63, 3.8) is 0 Å². The Morgan fingerprint density at radius 3 is 2.24 bits per heavy atom. The molecule has 5 atom stereocenters. The summed E-state index contributed by atoms with van der Waals surface area (Å²) in [6.07, 6.45) is 5.47. The third-order valence-electron chi connectivity index (χ3n) is 6.45. The van der Waals surface area contributed by atoms with E-state index in [1.807, 2.05) is 13.8 Å². The normalized spacial score (nSPS) is 43.9. The fraction of sp³-hybridized carbons (Fsp3) is 1.00. The lowest BCUT2D eigenvalue weighted by atomic mass is 9.83. The smallest absolute Gasteiger partial charge is 0.0896 e. The summed E-state index contributed by atoms with van der Waals surface area (Å²) in [4.78, 5) is 2.45. The number of hydrogen-bond acceptors (Lipinski definition) is 3. The van der Waals surface area contributed by atoms with Crippen molar-refractivity contribution in [3.8, 4) is 0 Å². The van der Waals surface area contributed by atoms with Gasteiger partial charge in [-0.3, -0.25) is 0 Å². The third-order valence-corrected chi connectivity index (χ3v) is 6.45. The molecule has 1 saturated heterocycles. The highest BCUT2D eigenvalue weighted by atomic mass is 16.5. The van der Waals surface area contributed by atoms with E-state index in [0.717, 1.165) is 24.3 Å². The van der Waals surface area contributed by atoms with Gasteiger partial charge in [0.25, 0.3) is 0 Å². The van der Waals surface area contributed by atoms with Gasteiger partial charge in [-0.1, -0.05) is 6.42 Å². The molecule has 0 aromatic heterocycles. The molecule has 0 amide bonds. The van der Waals surface area contributed by atoms with Gasteiger partial charge in [0.15, 0.2) is 0 Å². The second-order valence-electron chi connectivity index (χ2n) is 9.02. The molecule has 5 unspecified atom stereocenters. The topological polar surface area (TPSA) is 32.7 Å². The summed E-state index contributed by atoms with van der Waals surface area (Å²) in [5, 5.41) is 10.6. The van der Waals surface area contributed by atoms with E-state index in [1.54, 1.807) is 0 Å². The van der Waals surface area contributed by atoms with Crippen molar-refractivity contribution in [1.29, 1.82) is 0 Å². The van der Waals surface area contributed by atoms with Gasteiger partial charge in [0.05, 0.1) is 17.3 Å². The van der Waals surface area contributed by atoms with Crippen LogP contribution in [-0.2, 0) is 4.74 Å². The Kier molecular flexibility index (Phi) is 3.91. The van der Waals surface area contributed by atoms with E-state index in [0.29, 0.717) is 0 Å². The van der Waals surface area contributed by atoms with Crippen LogP contribution in [0.1, 0.15) is 53.4 Å². The Bertz CT molecular complexity index is 393. The quantitative estimate of drug-likeness (QED) is 0.865. The van der Waals surface area contributed by atoms with Gasteiger partial charge in [-0.05, 0) is 71.8 Å². The molecule has 2 aliphatic carbocycles. The first kappa shape index (κ1) is 15.8. The first-order valence-electron chi connectivity index (χ1n) is 8.76. The summed E-state index contributed by atoms with van der Waals surface area (Å²) in [5.74, 6) is 3.08. The highest BCUT2D eigenvalue weighted by Crippen LogP contribution is 2.49. The zero-order chi connectivity index (χ0) is 15.4. The summed E-state index contributed by atoms with van der Waals surface area (Å²) in [7, 11) is 2.22. The number of aliphatic hydroxyl groups is 1. The van der Waals surface area contributed by atoms with Gasteiger partial charge in [-0.25, -0.2) is 0 Å². The Hall–Kier alpha value is -0.120. The first-order chi connectivity index (χ1) is 9.69. The molecule has 2 bridgehead atoms. The van der Waals surface area contributed by atoms with Crippen molar-refractivity contribution in [1.82, 2.24) is 4.90 Å². The van der Waals surface area contributed by atoms with Crippen molar-refractivity contribution >= 4 is 0 Å². The predicted molar refractivity (Wildman–Crippen MR) is 85.2 cm³/mol. The van der Waals surface area contributed by atoms with Crippen LogP contribution in [0.25, 0.3) is 0 Å². The number of aliphatic hydroxyl groups excluding tert-OH is 1. The molecule has 2 saturated carbocycles. The molecular weight excluding hydrogens is 262 g/mol. The number of fused-ring (bicyclic) bond motifs is 2. The molecule has 0 spiro atoms. The van der Waals surface area contributed by atoms with Crippen LogP contribution in [0.4, 0.5) is 0 Å². The van der Waals surface area contributed by atoms with E-state index in [1.165, 1.54) is 32.2 Å². The lowest BCUT2D eigenvalue weighted by molar-refractivity contribution is -0.0913. The van der Waals surface area contributed by atoms with E-state index in [2.05, 4.69) is 25.8 Å². The summed E-state index contributed by atoms with van der Waals surface area (Å²) in [5.41, 5.74) is -0.673. The Morgan fingerprint density at radius 2 is 1.76 bits per heavy atom. The van der Waals surface area contributed by atoms with Gasteiger partial charge in [0.1, 0.15) is 0 Å². The van der Waals surface area contributed by atoms with Gasteiger partial charge in [-0.15, -0.1) is 0 Å². The molecule has 3 heteroatoms. The maximum atomic E-state index is 10.6. The van der Waals surface area contributed by atoms with Crippen molar-refractivity contribution < 1.29 is 9.84 Å². The van der Waals surface area contributed by atoms with Gasteiger partial charge in [0, 0.05) is 19.0 Å². The Morgan fingerprint density at radius 1 is 1.05 bits per heavy atom. The van der Waals surface area contributed by atoms with E-state index >= 15 is 0 Å². The van der Waals surface area contributed by atoms with Crippen LogP contribution in [0.5, 0.6) is 0 Å². The molecule has 21 heavy (non-hydrogen) atoms. The van der Waals surface area contributed by atoms with E-state index in [9.17, 15) is 5.11 Å². The zero-order valence-electron chi connectivity index (χ0n) is 14.4. The van der Waals surface area contributed by atoms with Gasteiger partial charge >= 0.3 is 0 Å². The number of rotatable bonds is 4. The molecule has 1 aliphatic heterocycles. The van der Waals surface area contributed by atoms with Gasteiger partial charge in [-0.2, -0.15) is 0 Å². The van der Waals surface area contributed by atoms with Crippen LogP contribution in [-0.4, -0.2) is 47.4 Å². The standard InChI is InChI=1S/C18H33NO2/c1-17(2)15(16(20)18(3,4)21-17)11-19(5)10-14-9-12-6-7-13(14)8-12/h12-16,20H,6-11H2,1-5H3. The maximum absolute atomic E-state index is 10.6. The largest absolute Gasteiger partial charge is 0.390 e. The molecule has 0 aromatic rings. The highest BCUT2D eigenvalue weighted by molar-refractivity contribution is 5.02. The van der Waals surface area contributed by atoms with Gasteiger partial charge < -0.3 is 14.7 Å². The zero-order valence-corrected chi connectivity index (χ0v) is 14.4. The first-order valence-corrected chi connectivity index (χ1v) is 8.76.